The van der Waals surface area contributed by atoms with Crippen molar-refractivity contribution >= 4 is 57.2 Å². The number of para-hydroxylation sites is 4. The van der Waals surface area contributed by atoms with Crippen LogP contribution in [0.5, 0.6) is 0 Å². The Hall–Kier alpha value is -5.80. The van der Waals surface area contributed by atoms with Gasteiger partial charge in [0.05, 0.1) is 5.69 Å². The van der Waals surface area contributed by atoms with Crippen molar-refractivity contribution in [3.8, 4) is 0 Å². The molecule has 0 saturated carbocycles. The van der Waals surface area contributed by atoms with Crippen LogP contribution in [0.25, 0.3) is 0 Å². The molecule has 51 heavy (non-hydrogen) atoms. The van der Waals surface area contributed by atoms with Gasteiger partial charge in [-0.2, -0.15) is 0 Å². The highest BCUT2D eigenvalue weighted by atomic mass is 15.2. The molecule has 0 atom stereocenters. The number of rotatable bonds is 6. The Kier molecular flexibility index (Phi) is 7.29. The fourth-order valence-electron chi connectivity index (χ4n) is 8.74. The van der Waals surface area contributed by atoms with Crippen LogP contribution < -0.4 is 26.2 Å². The van der Waals surface area contributed by atoms with Gasteiger partial charge in [0, 0.05) is 39.3 Å². The lowest BCUT2D eigenvalue weighted by molar-refractivity contribution is 0.640. The van der Waals surface area contributed by atoms with Gasteiger partial charge in [-0.25, -0.2) is 0 Å². The van der Waals surface area contributed by atoms with E-state index in [-0.39, 0.29) is 17.5 Å². The molecule has 2 nitrogen and oxygen atoms in total. The number of anilines is 6. The van der Waals surface area contributed by atoms with Crippen LogP contribution in [0.3, 0.4) is 0 Å². The number of benzene rings is 7. The molecule has 0 fully saturated rings. The van der Waals surface area contributed by atoms with Gasteiger partial charge in [0.25, 0.3) is 6.71 Å². The minimum Gasteiger partial charge on any atom is -0.311 e. The fourth-order valence-corrected chi connectivity index (χ4v) is 8.74. The third kappa shape index (κ3) is 4.79. The van der Waals surface area contributed by atoms with Gasteiger partial charge >= 0.3 is 0 Å². The van der Waals surface area contributed by atoms with E-state index in [1.165, 1.54) is 67.1 Å². The SMILES string of the molecule is CC(C)(c1ccccc1)c1ccccc1N1c2ccccc2B2c3ccccc3N(c3ccccc3)c3c(C(C)(C)c4ccccc4)ccc1c32. The summed E-state index contributed by atoms with van der Waals surface area (Å²) in [6, 6.07) is 64.8. The molecule has 7 aromatic carbocycles. The third-order valence-electron chi connectivity index (χ3n) is 11.4. The number of nitrogens with zero attached hydrogens (tertiary/aromatic N) is 2. The highest BCUT2D eigenvalue weighted by molar-refractivity contribution is 7.00. The summed E-state index contributed by atoms with van der Waals surface area (Å²) in [5.74, 6) is 0. The Labute approximate surface area is 302 Å². The monoisotopic (exact) mass is 656 g/mol. The predicted molar refractivity (Wildman–Crippen MR) is 218 cm³/mol. The summed E-state index contributed by atoms with van der Waals surface area (Å²) >= 11 is 0. The summed E-state index contributed by atoms with van der Waals surface area (Å²) in [5.41, 5.74) is 16.0. The second-order valence-electron chi connectivity index (χ2n) is 15.0. The first-order valence-corrected chi connectivity index (χ1v) is 18.1. The van der Waals surface area contributed by atoms with Crippen molar-refractivity contribution in [2.75, 3.05) is 9.80 Å². The van der Waals surface area contributed by atoms with Crippen molar-refractivity contribution in [1.29, 1.82) is 0 Å². The second kappa shape index (κ2) is 11.9. The molecule has 2 heterocycles. The summed E-state index contributed by atoms with van der Waals surface area (Å²) in [7, 11) is 0. The van der Waals surface area contributed by atoms with Gasteiger partial charge in [-0.15, -0.1) is 0 Å². The van der Waals surface area contributed by atoms with E-state index in [2.05, 4.69) is 213 Å². The van der Waals surface area contributed by atoms with Crippen LogP contribution in [-0.2, 0) is 10.8 Å². The molecule has 2 aliphatic heterocycles. The van der Waals surface area contributed by atoms with Gasteiger partial charge in [0.15, 0.2) is 0 Å². The van der Waals surface area contributed by atoms with E-state index >= 15 is 0 Å². The molecule has 0 amide bonds. The number of hydrogen-bond donors (Lipinski definition) is 0. The zero-order valence-corrected chi connectivity index (χ0v) is 29.7. The molecule has 2 aliphatic rings. The second-order valence-corrected chi connectivity index (χ2v) is 15.0. The maximum atomic E-state index is 2.56. The van der Waals surface area contributed by atoms with Gasteiger partial charge in [-0.1, -0.05) is 167 Å². The lowest BCUT2D eigenvalue weighted by Gasteiger charge is -2.47. The minimum atomic E-state index is -0.273. The van der Waals surface area contributed by atoms with E-state index in [1.807, 2.05) is 0 Å². The average Bonchev–Trinajstić information content (AvgIpc) is 3.18. The third-order valence-corrected chi connectivity index (χ3v) is 11.4. The Bertz CT molecular complexity index is 2380. The van der Waals surface area contributed by atoms with Crippen molar-refractivity contribution in [2.24, 2.45) is 0 Å². The van der Waals surface area contributed by atoms with Crippen LogP contribution in [0.4, 0.5) is 34.1 Å². The first kappa shape index (κ1) is 31.2. The van der Waals surface area contributed by atoms with Crippen molar-refractivity contribution in [1.82, 2.24) is 0 Å². The molecule has 0 aromatic heterocycles. The maximum absolute atomic E-state index is 2.56. The van der Waals surface area contributed by atoms with Gasteiger partial charge in [-0.3, -0.25) is 0 Å². The highest BCUT2D eigenvalue weighted by Gasteiger charge is 2.46. The van der Waals surface area contributed by atoms with Gasteiger partial charge in [-0.05, 0) is 75.0 Å². The molecule has 0 bridgehead atoms. The zero-order chi connectivity index (χ0) is 34.7. The van der Waals surface area contributed by atoms with Crippen LogP contribution in [0.2, 0.25) is 0 Å². The lowest BCUT2D eigenvalue weighted by atomic mass is 9.33. The van der Waals surface area contributed by atoms with Crippen LogP contribution in [0, 0.1) is 0 Å². The van der Waals surface area contributed by atoms with Gasteiger partial charge < -0.3 is 9.80 Å². The summed E-state index contributed by atoms with van der Waals surface area (Å²) in [6.45, 7) is 9.54. The van der Waals surface area contributed by atoms with Gasteiger partial charge in [0.1, 0.15) is 0 Å². The molecular formula is C48H41BN2. The van der Waals surface area contributed by atoms with Gasteiger partial charge in [0.2, 0.25) is 0 Å². The summed E-state index contributed by atoms with van der Waals surface area (Å²) in [4.78, 5) is 5.09. The molecule has 0 radical (unpaired) electrons. The molecule has 3 heteroatoms. The number of hydrogen-bond acceptors (Lipinski definition) is 2. The van der Waals surface area contributed by atoms with E-state index in [4.69, 9.17) is 0 Å². The average molecular weight is 657 g/mol. The Morgan fingerprint density at radius 2 is 0.824 bits per heavy atom. The highest BCUT2D eigenvalue weighted by Crippen LogP contribution is 2.50. The van der Waals surface area contributed by atoms with E-state index in [9.17, 15) is 0 Å². The quantitative estimate of drug-likeness (QED) is 0.164. The number of fused-ring (bicyclic) bond motifs is 4. The maximum Gasteiger partial charge on any atom is 0.252 e. The molecule has 0 saturated heterocycles. The van der Waals surface area contributed by atoms with Crippen molar-refractivity contribution < 1.29 is 0 Å². The van der Waals surface area contributed by atoms with Crippen LogP contribution in [0.15, 0.2) is 176 Å². The van der Waals surface area contributed by atoms with E-state index < -0.39 is 0 Å². The van der Waals surface area contributed by atoms with Crippen LogP contribution in [0.1, 0.15) is 49.9 Å². The normalized spacial score (nSPS) is 13.4. The fraction of sp³-hybridized carbons (Fsp3) is 0.125. The van der Waals surface area contributed by atoms with E-state index in [1.54, 1.807) is 0 Å². The molecule has 0 aliphatic carbocycles. The first-order chi connectivity index (χ1) is 24.9. The first-order valence-electron chi connectivity index (χ1n) is 18.1. The molecule has 9 rings (SSSR count). The Morgan fingerprint density at radius 3 is 1.41 bits per heavy atom. The molecular weight excluding hydrogens is 615 g/mol. The lowest BCUT2D eigenvalue weighted by Crippen LogP contribution is -2.62. The molecule has 0 N–H and O–H groups in total. The zero-order valence-electron chi connectivity index (χ0n) is 29.7. The largest absolute Gasteiger partial charge is 0.311 e. The van der Waals surface area contributed by atoms with E-state index in [0.717, 1.165) is 5.69 Å². The smallest absolute Gasteiger partial charge is 0.252 e. The summed E-state index contributed by atoms with van der Waals surface area (Å²) < 4.78 is 0. The standard InChI is InChI=1S/C48H41BN2/c1-47(2,34-20-8-5-9-21-34)37-26-14-17-29-41(37)51-43-31-19-16-28-40(43)49-39-27-15-18-30-42(39)50(36-24-12-7-13-25-36)46-38(32-33-44(51)45(46)49)48(3,4)35-22-10-6-11-23-35/h5-33H,1-4H3. The van der Waals surface area contributed by atoms with Crippen LogP contribution in [-0.4, -0.2) is 6.71 Å². The summed E-state index contributed by atoms with van der Waals surface area (Å²) in [5, 5.41) is 0. The molecule has 0 unspecified atom stereocenters. The molecule has 7 aromatic rings. The Morgan fingerprint density at radius 1 is 0.373 bits per heavy atom. The Balaban J connectivity index is 1.39. The van der Waals surface area contributed by atoms with Crippen molar-refractivity contribution in [3.63, 3.8) is 0 Å². The van der Waals surface area contributed by atoms with Crippen LogP contribution >= 0.6 is 0 Å². The van der Waals surface area contributed by atoms with Crippen molar-refractivity contribution in [2.45, 2.75) is 38.5 Å². The minimum absolute atomic E-state index is 0.0689. The van der Waals surface area contributed by atoms with E-state index in [0.29, 0.717) is 0 Å². The predicted octanol–water partition coefficient (Wildman–Crippen LogP) is 10.4. The van der Waals surface area contributed by atoms with Crippen molar-refractivity contribution in [3.05, 3.63) is 198 Å². The molecule has 0 spiro atoms. The molecule has 246 valence electrons. The summed E-state index contributed by atoms with van der Waals surface area (Å²) in [6.07, 6.45) is 0. The topological polar surface area (TPSA) is 6.48 Å².